The van der Waals surface area contributed by atoms with Crippen molar-refractivity contribution in [2.45, 2.75) is 37.8 Å². The summed E-state index contributed by atoms with van der Waals surface area (Å²) in [5.41, 5.74) is 2.16. The van der Waals surface area contributed by atoms with Gasteiger partial charge >= 0.3 is 0 Å². The third-order valence-corrected chi connectivity index (χ3v) is 8.49. The Labute approximate surface area is 207 Å². The molecule has 0 saturated carbocycles. The van der Waals surface area contributed by atoms with Crippen molar-refractivity contribution in [1.82, 2.24) is 9.21 Å². The topological polar surface area (TPSA) is 57.7 Å². The molecule has 1 aliphatic rings. The Hall–Kier alpha value is -2.67. The lowest BCUT2D eigenvalue weighted by Gasteiger charge is -2.29. The quantitative estimate of drug-likeness (QED) is 0.427. The molecule has 0 spiro atoms. The van der Waals surface area contributed by atoms with Crippen molar-refractivity contribution in [1.29, 1.82) is 0 Å². The van der Waals surface area contributed by atoms with Crippen molar-refractivity contribution in [3.63, 3.8) is 0 Å². The summed E-state index contributed by atoms with van der Waals surface area (Å²) < 4.78 is 28.1. The van der Waals surface area contributed by atoms with Gasteiger partial charge < -0.3 is 4.90 Å². The molecule has 0 bridgehead atoms. The third-order valence-electron chi connectivity index (χ3n) is 6.27. The van der Waals surface area contributed by atoms with Crippen LogP contribution in [0, 0.1) is 5.92 Å². The molecule has 5 nitrogen and oxygen atoms in total. The van der Waals surface area contributed by atoms with Crippen LogP contribution in [-0.4, -0.2) is 36.6 Å². The van der Waals surface area contributed by atoms with E-state index in [1.165, 1.54) is 22.5 Å². The van der Waals surface area contributed by atoms with E-state index in [9.17, 15) is 13.2 Å². The summed E-state index contributed by atoms with van der Waals surface area (Å²) in [5.74, 6) is 0.209. The van der Waals surface area contributed by atoms with Gasteiger partial charge in [-0.2, -0.15) is 4.31 Å². The monoisotopic (exact) mass is 496 g/mol. The SMILES string of the molecule is CC1CCN(S(=O)(=O)c2ccc(Cl)c(C(=O)N(Cc3ccccc3)Cc3ccccc3)c2)CC1. The molecule has 3 aromatic rings. The zero-order valence-corrected chi connectivity index (χ0v) is 20.8. The second kappa shape index (κ2) is 10.7. The smallest absolute Gasteiger partial charge is 0.256 e. The van der Waals surface area contributed by atoms with E-state index in [1.807, 2.05) is 60.7 Å². The fourth-order valence-electron chi connectivity index (χ4n) is 4.18. The average Bonchev–Trinajstić information content (AvgIpc) is 2.85. The van der Waals surface area contributed by atoms with Crippen LogP contribution in [0.4, 0.5) is 0 Å². The molecular formula is C27H29ClN2O3S. The summed E-state index contributed by atoms with van der Waals surface area (Å²) in [5, 5.41) is 0.238. The van der Waals surface area contributed by atoms with Crippen LogP contribution in [0.3, 0.4) is 0 Å². The minimum Gasteiger partial charge on any atom is -0.330 e. The van der Waals surface area contributed by atoms with Gasteiger partial charge in [0.05, 0.1) is 15.5 Å². The van der Waals surface area contributed by atoms with Crippen LogP contribution in [0.1, 0.15) is 41.3 Å². The highest BCUT2D eigenvalue weighted by atomic mass is 35.5. The van der Waals surface area contributed by atoms with Crippen LogP contribution in [0.2, 0.25) is 5.02 Å². The Kier molecular flexibility index (Phi) is 7.71. The predicted octanol–water partition coefficient (Wildman–Crippen LogP) is 5.60. The van der Waals surface area contributed by atoms with Gasteiger partial charge in [-0.15, -0.1) is 0 Å². The minimum absolute atomic E-state index is 0.106. The summed E-state index contributed by atoms with van der Waals surface area (Å²) in [6.07, 6.45) is 1.67. The molecule has 4 rings (SSSR count). The number of hydrogen-bond donors (Lipinski definition) is 0. The highest BCUT2D eigenvalue weighted by molar-refractivity contribution is 7.89. The lowest BCUT2D eigenvalue weighted by molar-refractivity contribution is 0.0730. The molecule has 1 fully saturated rings. The van der Waals surface area contributed by atoms with E-state index in [-0.39, 0.29) is 21.4 Å². The van der Waals surface area contributed by atoms with Crippen molar-refractivity contribution in [3.8, 4) is 0 Å². The van der Waals surface area contributed by atoms with E-state index in [0.717, 1.165) is 24.0 Å². The van der Waals surface area contributed by atoms with Gasteiger partial charge in [-0.1, -0.05) is 79.2 Å². The molecule has 1 saturated heterocycles. The number of rotatable bonds is 7. The summed E-state index contributed by atoms with van der Waals surface area (Å²) in [7, 11) is -3.70. The summed E-state index contributed by atoms with van der Waals surface area (Å²) in [4.78, 5) is 15.5. The third kappa shape index (κ3) is 5.69. The van der Waals surface area contributed by atoms with E-state index >= 15 is 0 Å². The van der Waals surface area contributed by atoms with E-state index in [4.69, 9.17) is 11.6 Å². The molecule has 1 aliphatic heterocycles. The Bertz CT molecular complexity index is 1180. The first-order valence-electron chi connectivity index (χ1n) is 11.5. The predicted molar refractivity (Wildman–Crippen MR) is 135 cm³/mol. The number of hydrogen-bond acceptors (Lipinski definition) is 3. The summed E-state index contributed by atoms with van der Waals surface area (Å²) in [6, 6.07) is 23.9. The highest BCUT2D eigenvalue weighted by Crippen LogP contribution is 2.28. The first kappa shape index (κ1) is 24.5. The number of nitrogens with zero attached hydrogens (tertiary/aromatic N) is 2. The maximum absolute atomic E-state index is 13.7. The Morgan fingerprint density at radius 2 is 1.44 bits per heavy atom. The molecule has 34 heavy (non-hydrogen) atoms. The molecule has 0 unspecified atom stereocenters. The number of benzene rings is 3. The van der Waals surface area contributed by atoms with Crippen LogP contribution in [0.5, 0.6) is 0 Å². The van der Waals surface area contributed by atoms with Crippen molar-refractivity contribution in [2.75, 3.05) is 13.1 Å². The molecule has 0 aromatic heterocycles. The van der Waals surface area contributed by atoms with Gasteiger partial charge in [0.15, 0.2) is 0 Å². The Balaban J connectivity index is 1.65. The second-order valence-electron chi connectivity index (χ2n) is 8.86. The van der Waals surface area contributed by atoms with Gasteiger partial charge in [0.2, 0.25) is 10.0 Å². The maximum atomic E-state index is 13.7. The van der Waals surface area contributed by atoms with E-state index in [2.05, 4.69) is 6.92 Å². The first-order valence-corrected chi connectivity index (χ1v) is 13.3. The van der Waals surface area contributed by atoms with Crippen LogP contribution in [0.25, 0.3) is 0 Å². The molecule has 7 heteroatoms. The van der Waals surface area contributed by atoms with E-state index in [0.29, 0.717) is 32.1 Å². The highest BCUT2D eigenvalue weighted by Gasteiger charge is 2.30. The maximum Gasteiger partial charge on any atom is 0.256 e. The number of carbonyl (C=O) groups excluding carboxylic acids is 1. The number of halogens is 1. The van der Waals surface area contributed by atoms with E-state index in [1.54, 1.807) is 4.90 Å². The second-order valence-corrected chi connectivity index (χ2v) is 11.2. The van der Waals surface area contributed by atoms with Gasteiger partial charge in [0.25, 0.3) is 5.91 Å². The lowest BCUT2D eigenvalue weighted by Crippen LogP contribution is -2.38. The van der Waals surface area contributed by atoms with Gasteiger partial charge in [-0.05, 0) is 48.1 Å². The molecule has 0 radical (unpaired) electrons. The lowest BCUT2D eigenvalue weighted by atomic mass is 10.0. The van der Waals surface area contributed by atoms with Crippen LogP contribution in [0.15, 0.2) is 83.8 Å². The molecule has 0 atom stereocenters. The summed E-state index contributed by atoms with van der Waals surface area (Å²) in [6.45, 7) is 3.88. The van der Waals surface area contributed by atoms with Gasteiger partial charge in [0, 0.05) is 26.2 Å². The number of piperidine rings is 1. The molecule has 1 heterocycles. The molecule has 178 valence electrons. The first-order chi connectivity index (χ1) is 16.3. The average molecular weight is 497 g/mol. The zero-order valence-electron chi connectivity index (χ0n) is 19.2. The van der Waals surface area contributed by atoms with Gasteiger partial charge in [-0.25, -0.2) is 8.42 Å². The summed E-state index contributed by atoms with van der Waals surface area (Å²) >= 11 is 6.44. The van der Waals surface area contributed by atoms with Crippen molar-refractivity contribution in [2.24, 2.45) is 5.92 Å². The van der Waals surface area contributed by atoms with Crippen molar-refractivity contribution < 1.29 is 13.2 Å². The largest absolute Gasteiger partial charge is 0.330 e. The fourth-order valence-corrected chi connectivity index (χ4v) is 5.88. The van der Waals surface area contributed by atoms with Gasteiger partial charge in [0.1, 0.15) is 0 Å². The normalized spacial score (nSPS) is 15.2. The Morgan fingerprint density at radius 1 is 0.912 bits per heavy atom. The molecule has 0 N–H and O–H groups in total. The van der Waals surface area contributed by atoms with Crippen molar-refractivity contribution in [3.05, 3.63) is 101 Å². The fraction of sp³-hybridized carbons (Fsp3) is 0.296. The zero-order chi connectivity index (χ0) is 24.1. The van der Waals surface area contributed by atoms with Crippen molar-refractivity contribution >= 4 is 27.5 Å². The molecule has 0 aliphatic carbocycles. The minimum atomic E-state index is -3.70. The molecule has 1 amide bonds. The number of amides is 1. The van der Waals surface area contributed by atoms with E-state index < -0.39 is 10.0 Å². The molecule has 3 aromatic carbocycles. The van der Waals surface area contributed by atoms with Crippen LogP contribution in [-0.2, 0) is 23.1 Å². The van der Waals surface area contributed by atoms with Crippen LogP contribution < -0.4 is 0 Å². The number of sulfonamides is 1. The Morgan fingerprint density at radius 3 is 1.97 bits per heavy atom. The van der Waals surface area contributed by atoms with Gasteiger partial charge in [-0.3, -0.25) is 4.79 Å². The number of carbonyl (C=O) groups is 1. The van der Waals surface area contributed by atoms with Crippen LogP contribution >= 0.6 is 11.6 Å². The molecular weight excluding hydrogens is 468 g/mol. The standard InChI is InChI=1S/C27H29ClN2O3S/c1-21-14-16-30(17-15-21)34(32,33)24-12-13-26(28)25(18-24)27(31)29(19-22-8-4-2-5-9-22)20-23-10-6-3-7-11-23/h2-13,18,21H,14-17,19-20H2,1H3.